The predicted octanol–water partition coefficient (Wildman–Crippen LogP) is 3.27. The van der Waals surface area contributed by atoms with Gasteiger partial charge < -0.3 is 4.98 Å². The second-order valence-electron chi connectivity index (χ2n) is 2.76. The minimum atomic E-state index is -0.373. The number of fused-ring (bicyclic) bond motifs is 1. The number of aryl methyl sites for hydroxylation is 1. The number of rotatable bonds is 0. The normalized spacial score (nSPS) is 10.9. The van der Waals surface area contributed by atoms with Crippen molar-refractivity contribution >= 4 is 22.5 Å². The number of aromatic nitrogens is 1. The largest absolute Gasteiger partial charge is 0.358 e. The summed E-state index contributed by atoms with van der Waals surface area (Å²) in [4.78, 5) is 2.84. The third kappa shape index (κ3) is 0.916. The molecule has 2 rings (SSSR count). The summed E-state index contributed by atoms with van der Waals surface area (Å²) in [5.41, 5.74) is 1.51. The first-order valence-corrected chi connectivity index (χ1v) is 3.99. The second kappa shape index (κ2) is 2.49. The van der Waals surface area contributed by atoms with E-state index in [1.807, 2.05) is 13.0 Å². The topological polar surface area (TPSA) is 15.8 Å². The molecular weight excluding hydrogens is 177 g/mol. The van der Waals surface area contributed by atoms with Crippen LogP contribution in [0.5, 0.6) is 0 Å². The van der Waals surface area contributed by atoms with Crippen molar-refractivity contribution in [3.05, 3.63) is 34.7 Å². The molecule has 0 amide bonds. The van der Waals surface area contributed by atoms with Crippen molar-refractivity contribution in [1.29, 1.82) is 0 Å². The number of hydrogen-bond donors (Lipinski definition) is 1. The van der Waals surface area contributed by atoms with Crippen molar-refractivity contribution in [3.63, 3.8) is 0 Å². The van der Waals surface area contributed by atoms with E-state index in [4.69, 9.17) is 11.6 Å². The van der Waals surface area contributed by atoms with Gasteiger partial charge in [0, 0.05) is 11.6 Å². The van der Waals surface area contributed by atoms with Crippen LogP contribution in [0.1, 0.15) is 5.56 Å². The lowest BCUT2D eigenvalue weighted by Crippen LogP contribution is -1.79. The van der Waals surface area contributed by atoms with Crippen LogP contribution in [0.25, 0.3) is 10.9 Å². The van der Waals surface area contributed by atoms with Gasteiger partial charge in [0.25, 0.3) is 0 Å². The number of H-pyrrole nitrogens is 1. The Balaban J connectivity index is 2.93. The van der Waals surface area contributed by atoms with Crippen LogP contribution in [0.3, 0.4) is 0 Å². The molecule has 12 heavy (non-hydrogen) atoms. The fourth-order valence-electron chi connectivity index (χ4n) is 1.28. The van der Waals surface area contributed by atoms with Gasteiger partial charge in [-0.1, -0.05) is 17.7 Å². The first-order chi connectivity index (χ1) is 5.70. The van der Waals surface area contributed by atoms with Gasteiger partial charge in [-0.05, 0) is 18.6 Å². The fourth-order valence-corrected chi connectivity index (χ4v) is 1.44. The molecule has 1 N–H and O–H groups in total. The monoisotopic (exact) mass is 183 g/mol. The molecule has 0 saturated carbocycles. The van der Waals surface area contributed by atoms with Crippen molar-refractivity contribution in [2.24, 2.45) is 0 Å². The van der Waals surface area contributed by atoms with Crippen molar-refractivity contribution in [2.75, 3.05) is 0 Å². The van der Waals surface area contributed by atoms with Gasteiger partial charge >= 0.3 is 0 Å². The van der Waals surface area contributed by atoms with E-state index >= 15 is 0 Å². The van der Waals surface area contributed by atoms with Crippen LogP contribution >= 0.6 is 11.6 Å². The molecule has 0 bridgehead atoms. The van der Waals surface area contributed by atoms with Crippen molar-refractivity contribution in [1.82, 2.24) is 4.98 Å². The zero-order valence-corrected chi connectivity index (χ0v) is 7.24. The lowest BCUT2D eigenvalue weighted by atomic mass is 10.2. The molecule has 0 unspecified atom stereocenters. The highest BCUT2D eigenvalue weighted by Crippen LogP contribution is 2.25. The van der Waals surface area contributed by atoms with Crippen molar-refractivity contribution in [2.45, 2.75) is 6.92 Å². The maximum absolute atomic E-state index is 13.2. The Kier molecular flexibility index (Phi) is 1.58. The van der Waals surface area contributed by atoms with Crippen LogP contribution < -0.4 is 0 Å². The Labute approximate surface area is 74.2 Å². The summed E-state index contributed by atoms with van der Waals surface area (Å²) >= 11 is 5.60. The van der Waals surface area contributed by atoms with Gasteiger partial charge in [-0.3, -0.25) is 0 Å². The molecule has 1 aromatic carbocycles. The Morgan fingerprint density at radius 2 is 2.17 bits per heavy atom. The average molecular weight is 184 g/mol. The number of benzene rings is 1. The summed E-state index contributed by atoms with van der Waals surface area (Å²) < 4.78 is 13.2. The molecule has 0 aliphatic carbocycles. The highest BCUT2D eigenvalue weighted by atomic mass is 35.5. The summed E-state index contributed by atoms with van der Waals surface area (Å²) in [6.07, 6.45) is 1.77. The summed E-state index contributed by atoms with van der Waals surface area (Å²) in [5.74, 6) is -0.373. The van der Waals surface area contributed by atoms with Crippen LogP contribution in [0, 0.1) is 12.7 Å². The van der Waals surface area contributed by atoms with Crippen LogP contribution in [-0.2, 0) is 0 Å². The van der Waals surface area contributed by atoms with E-state index in [2.05, 4.69) is 4.98 Å². The highest BCUT2D eigenvalue weighted by molar-refractivity contribution is 6.31. The molecule has 1 nitrogen and oxygen atoms in total. The summed E-state index contributed by atoms with van der Waals surface area (Å²) in [5, 5.41) is 1.04. The molecule has 1 aromatic heterocycles. The minimum Gasteiger partial charge on any atom is -0.358 e. The molecule has 2 aromatic rings. The van der Waals surface area contributed by atoms with E-state index in [1.165, 1.54) is 0 Å². The molecule has 0 fully saturated rings. The lowest BCUT2D eigenvalue weighted by molar-refractivity contribution is 0.638. The Hall–Kier alpha value is -1.02. The van der Waals surface area contributed by atoms with Gasteiger partial charge in [0.15, 0.2) is 5.82 Å². The first-order valence-electron chi connectivity index (χ1n) is 3.62. The van der Waals surface area contributed by atoms with Gasteiger partial charge in [0.1, 0.15) is 0 Å². The minimum absolute atomic E-state index is 0.157. The zero-order valence-electron chi connectivity index (χ0n) is 6.49. The number of hydrogen-bond acceptors (Lipinski definition) is 0. The molecule has 0 radical (unpaired) electrons. The molecular formula is C9H7ClFN. The van der Waals surface area contributed by atoms with Gasteiger partial charge in [-0.2, -0.15) is 0 Å². The van der Waals surface area contributed by atoms with Crippen molar-refractivity contribution < 1.29 is 4.39 Å². The molecule has 3 heteroatoms. The SMILES string of the molecule is Cc1c[nH]c2c(F)c(Cl)ccc12. The standard InChI is InChI=1S/C9H7ClFN/c1-5-4-12-9-6(5)2-3-7(10)8(9)11/h2-4,12H,1H3. The molecule has 0 atom stereocenters. The molecule has 0 aliphatic heterocycles. The maximum atomic E-state index is 13.2. The van der Waals surface area contributed by atoms with E-state index in [0.717, 1.165) is 10.9 Å². The van der Waals surface area contributed by atoms with Crippen molar-refractivity contribution in [3.8, 4) is 0 Å². The predicted molar refractivity (Wildman–Crippen MR) is 48.0 cm³/mol. The molecule has 1 heterocycles. The van der Waals surface area contributed by atoms with E-state index < -0.39 is 0 Å². The lowest BCUT2D eigenvalue weighted by Gasteiger charge is -1.95. The van der Waals surface area contributed by atoms with Crippen LogP contribution in [0.15, 0.2) is 18.3 Å². The van der Waals surface area contributed by atoms with Gasteiger partial charge in [0.05, 0.1) is 10.5 Å². The van der Waals surface area contributed by atoms with Crippen LogP contribution in [-0.4, -0.2) is 4.98 Å². The van der Waals surface area contributed by atoms with E-state index in [0.29, 0.717) is 5.52 Å². The van der Waals surface area contributed by atoms with E-state index in [1.54, 1.807) is 12.3 Å². The number of halogens is 2. The third-order valence-corrected chi connectivity index (χ3v) is 2.24. The molecule has 0 aliphatic rings. The number of nitrogens with one attached hydrogen (secondary N) is 1. The van der Waals surface area contributed by atoms with Crippen LogP contribution in [0.2, 0.25) is 5.02 Å². The quantitative estimate of drug-likeness (QED) is 0.645. The van der Waals surface area contributed by atoms with Gasteiger partial charge in [-0.15, -0.1) is 0 Å². The average Bonchev–Trinajstić information content (AvgIpc) is 2.41. The zero-order chi connectivity index (χ0) is 8.72. The molecule has 62 valence electrons. The first kappa shape index (κ1) is 7.62. The Bertz CT molecular complexity index is 433. The Morgan fingerprint density at radius 1 is 1.42 bits per heavy atom. The third-order valence-electron chi connectivity index (χ3n) is 1.95. The number of aromatic amines is 1. The van der Waals surface area contributed by atoms with Gasteiger partial charge in [0.2, 0.25) is 0 Å². The van der Waals surface area contributed by atoms with E-state index in [9.17, 15) is 4.39 Å². The summed E-state index contributed by atoms with van der Waals surface area (Å²) in [6, 6.07) is 3.38. The van der Waals surface area contributed by atoms with Gasteiger partial charge in [-0.25, -0.2) is 4.39 Å². The molecule has 0 saturated heterocycles. The Morgan fingerprint density at radius 3 is 2.92 bits per heavy atom. The summed E-state index contributed by atoms with van der Waals surface area (Å²) in [6.45, 7) is 1.92. The maximum Gasteiger partial charge on any atom is 0.165 e. The fraction of sp³-hybridized carbons (Fsp3) is 0.111. The second-order valence-corrected chi connectivity index (χ2v) is 3.16. The van der Waals surface area contributed by atoms with E-state index in [-0.39, 0.29) is 10.8 Å². The highest BCUT2D eigenvalue weighted by Gasteiger charge is 2.07. The van der Waals surface area contributed by atoms with Crippen LogP contribution in [0.4, 0.5) is 4.39 Å². The summed E-state index contributed by atoms with van der Waals surface area (Å²) in [7, 11) is 0. The smallest absolute Gasteiger partial charge is 0.165 e. The molecule has 0 spiro atoms.